The number of nitrogens with zero attached hydrogens (tertiary/aromatic N) is 1. The number of amides is 2. The van der Waals surface area contributed by atoms with E-state index in [4.69, 9.17) is 5.73 Å². The van der Waals surface area contributed by atoms with Gasteiger partial charge in [0, 0.05) is 23.1 Å². The molecule has 9 heteroatoms. The van der Waals surface area contributed by atoms with Crippen LogP contribution in [0.3, 0.4) is 0 Å². The molecule has 0 saturated heterocycles. The second kappa shape index (κ2) is 9.04. The highest BCUT2D eigenvalue weighted by Gasteiger charge is 2.16. The number of aliphatic hydroxyl groups is 1. The molecule has 2 aromatic rings. The molecule has 1 heterocycles. The van der Waals surface area contributed by atoms with E-state index in [0.29, 0.717) is 10.6 Å². The van der Waals surface area contributed by atoms with Crippen molar-refractivity contribution in [2.24, 2.45) is 5.73 Å². The Morgan fingerprint density at radius 1 is 1.36 bits per heavy atom. The van der Waals surface area contributed by atoms with Crippen molar-refractivity contribution >= 4 is 44.1 Å². The second-order valence-corrected chi connectivity index (χ2v) is 7.08. The average molecular weight is 430 g/mol. The summed E-state index contributed by atoms with van der Waals surface area (Å²) in [6.07, 6.45) is 0. The van der Waals surface area contributed by atoms with Crippen molar-refractivity contribution in [2.75, 3.05) is 25.0 Å². The molecule has 1 aromatic heterocycles. The number of benzene rings is 1. The number of thiophene rings is 1. The van der Waals surface area contributed by atoms with Crippen molar-refractivity contribution in [3.63, 3.8) is 0 Å². The van der Waals surface area contributed by atoms with Crippen LogP contribution in [-0.2, 0) is 11.3 Å². The van der Waals surface area contributed by atoms with Gasteiger partial charge in [-0.05, 0) is 29.6 Å². The van der Waals surface area contributed by atoms with Crippen molar-refractivity contribution in [2.45, 2.75) is 6.54 Å². The van der Waals surface area contributed by atoms with Crippen molar-refractivity contribution < 1.29 is 19.1 Å². The number of nitrogens with two attached hydrogens (primary N) is 1. The lowest BCUT2D eigenvalue weighted by atomic mass is 10.2. The van der Waals surface area contributed by atoms with Gasteiger partial charge in [0.2, 0.25) is 5.91 Å². The minimum Gasteiger partial charge on any atom is -0.395 e. The fourth-order valence-electron chi connectivity index (χ4n) is 2.23. The van der Waals surface area contributed by atoms with Crippen LogP contribution in [0.5, 0.6) is 0 Å². The van der Waals surface area contributed by atoms with Gasteiger partial charge in [-0.25, -0.2) is 4.39 Å². The highest BCUT2D eigenvalue weighted by molar-refractivity contribution is 9.10. The molecule has 2 amide bonds. The topological polar surface area (TPSA) is 95.7 Å². The Hall–Kier alpha value is -1.81. The number of carbonyl (C=O) groups is 2. The van der Waals surface area contributed by atoms with Crippen LogP contribution in [0.4, 0.5) is 9.39 Å². The summed E-state index contributed by atoms with van der Waals surface area (Å²) in [5.74, 6) is -1.39. The van der Waals surface area contributed by atoms with E-state index in [2.05, 4.69) is 21.2 Å². The second-order valence-electron chi connectivity index (χ2n) is 5.25. The number of anilines is 1. The normalized spacial score (nSPS) is 10.9. The van der Waals surface area contributed by atoms with Gasteiger partial charge in [-0.3, -0.25) is 14.5 Å². The van der Waals surface area contributed by atoms with Crippen molar-refractivity contribution in [1.82, 2.24) is 4.90 Å². The minimum atomic E-state index is -0.625. The highest BCUT2D eigenvalue weighted by atomic mass is 79.9. The first-order valence-electron chi connectivity index (χ1n) is 7.35. The number of hydrogen-bond donors (Lipinski definition) is 3. The Labute approximate surface area is 156 Å². The predicted octanol–water partition coefficient (Wildman–Crippen LogP) is 2.18. The van der Waals surface area contributed by atoms with E-state index in [-0.39, 0.29) is 43.5 Å². The molecule has 2 rings (SSSR count). The average Bonchev–Trinajstić information content (AvgIpc) is 2.99. The molecule has 0 aliphatic carbocycles. The Balaban J connectivity index is 2.05. The molecule has 0 atom stereocenters. The Morgan fingerprint density at radius 2 is 2.12 bits per heavy atom. The van der Waals surface area contributed by atoms with Gasteiger partial charge < -0.3 is 16.2 Å². The quantitative estimate of drug-likeness (QED) is 0.599. The number of nitrogens with one attached hydrogen (secondary N) is 1. The van der Waals surface area contributed by atoms with E-state index in [0.717, 1.165) is 4.47 Å². The first-order valence-corrected chi connectivity index (χ1v) is 9.02. The predicted molar refractivity (Wildman–Crippen MR) is 97.9 cm³/mol. The summed E-state index contributed by atoms with van der Waals surface area (Å²) < 4.78 is 14.6. The van der Waals surface area contributed by atoms with Gasteiger partial charge in [-0.1, -0.05) is 15.9 Å². The van der Waals surface area contributed by atoms with Crippen molar-refractivity contribution in [3.8, 4) is 0 Å². The zero-order chi connectivity index (χ0) is 18.4. The lowest BCUT2D eigenvalue weighted by Crippen LogP contribution is -2.35. The fraction of sp³-hybridized carbons (Fsp3) is 0.250. The smallest absolute Gasteiger partial charge is 0.251 e. The van der Waals surface area contributed by atoms with Crippen LogP contribution in [0.1, 0.15) is 15.9 Å². The number of rotatable bonds is 8. The minimum absolute atomic E-state index is 0.0668. The third kappa shape index (κ3) is 5.60. The van der Waals surface area contributed by atoms with Gasteiger partial charge in [-0.15, -0.1) is 11.3 Å². The first kappa shape index (κ1) is 19.5. The molecule has 0 spiro atoms. The molecule has 1 aromatic carbocycles. The van der Waals surface area contributed by atoms with E-state index in [9.17, 15) is 19.1 Å². The first-order chi connectivity index (χ1) is 11.9. The highest BCUT2D eigenvalue weighted by Crippen LogP contribution is 2.23. The molecule has 6 nitrogen and oxygen atoms in total. The molecule has 0 saturated carbocycles. The maximum Gasteiger partial charge on any atom is 0.251 e. The van der Waals surface area contributed by atoms with Crippen molar-refractivity contribution in [1.29, 1.82) is 0 Å². The fourth-order valence-corrected chi connectivity index (χ4v) is 3.45. The number of halogens is 2. The number of primary amides is 1. The standard InChI is InChI=1S/C16H17BrFN3O3S/c17-11-1-2-13(18)10(7-11)8-21(4-5-22)9-14(23)20-16-12(15(19)24)3-6-25-16/h1-3,6-7,22H,4-5,8-9H2,(H2,19,24)(H,20,23). The third-order valence-corrected chi connectivity index (χ3v) is 4.69. The third-order valence-electron chi connectivity index (χ3n) is 3.37. The number of hydrogen-bond acceptors (Lipinski definition) is 5. The molecular formula is C16H17BrFN3O3S. The zero-order valence-electron chi connectivity index (χ0n) is 13.2. The van der Waals surface area contributed by atoms with Gasteiger partial charge in [0.15, 0.2) is 0 Å². The molecule has 25 heavy (non-hydrogen) atoms. The zero-order valence-corrected chi connectivity index (χ0v) is 15.6. The maximum absolute atomic E-state index is 13.9. The van der Waals surface area contributed by atoms with Crippen LogP contribution >= 0.6 is 27.3 Å². The molecular weight excluding hydrogens is 413 g/mol. The van der Waals surface area contributed by atoms with Crippen LogP contribution in [-0.4, -0.2) is 41.5 Å². The summed E-state index contributed by atoms with van der Waals surface area (Å²) in [6.45, 7) is 0.121. The SMILES string of the molecule is NC(=O)c1ccsc1NC(=O)CN(CCO)Cc1cc(Br)ccc1F. The van der Waals surface area contributed by atoms with Crippen LogP contribution in [0.15, 0.2) is 34.1 Å². The molecule has 0 bridgehead atoms. The van der Waals surface area contributed by atoms with Crippen LogP contribution in [0.25, 0.3) is 0 Å². The van der Waals surface area contributed by atoms with Gasteiger partial charge in [-0.2, -0.15) is 0 Å². The van der Waals surface area contributed by atoms with E-state index < -0.39 is 5.91 Å². The van der Waals surface area contributed by atoms with Crippen molar-refractivity contribution in [3.05, 3.63) is 51.1 Å². The summed E-state index contributed by atoms with van der Waals surface area (Å²) in [4.78, 5) is 25.1. The largest absolute Gasteiger partial charge is 0.395 e. The number of carbonyl (C=O) groups excluding carboxylic acids is 2. The van der Waals surface area contributed by atoms with E-state index in [1.165, 1.54) is 23.5 Å². The van der Waals surface area contributed by atoms with Crippen LogP contribution in [0, 0.1) is 5.82 Å². The Morgan fingerprint density at radius 3 is 2.80 bits per heavy atom. The summed E-state index contributed by atoms with van der Waals surface area (Å²) >= 11 is 4.47. The lowest BCUT2D eigenvalue weighted by molar-refractivity contribution is -0.117. The molecule has 0 aliphatic heterocycles. The van der Waals surface area contributed by atoms with Crippen LogP contribution in [0.2, 0.25) is 0 Å². The summed E-state index contributed by atoms with van der Waals surface area (Å²) in [5.41, 5.74) is 5.89. The van der Waals surface area contributed by atoms with Gasteiger partial charge >= 0.3 is 0 Å². The molecule has 134 valence electrons. The molecule has 0 unspecified atom stereocenters. The van der Waals surface area contributed by atoms with E-state index in [1.54, 1.807) is 22.4 Å². The molecule has 0 aliphatic rings. The molecule has 0 fully saturated rings. The number of aliphatic hydroxyl groups excluding tert-OH is 1. The van der Waals surface area contributed by atoms with E-state index >= 15 is 0 Å². The van der Waals surface area contributed by atoms with E-state index in [1.807, 2.05) is 0 Å². The molecule has 4 N–H and O–H groups in total. The lowest BCUT2D eigenvalue weighted by Gasteiger charge is -2.21. The van der Waals surface area contributed by atoms with Gasteiger partial charge in [0.1, 0.15) is 10.8 Å². The Bertz CT molecular complexity index is 769. The summed E-state index contributed by atoms with van der Waals surface area (Å²) in [6, 6.07) is 6.08. The maximum atomic E-state index is 13.9. The van der Waals surface area contributed by atoms with Crippen LogP contribution < -0.4 is 11.1 Å². The van der Waals surface area contributed by atoms with Gasteiger partial charge in [0.25, 0.3) is 5.91 Å². The monoisotopic (exact) mass is 429 g/mol. The Kier molecular flexibility index (Phi) is 7.06. The summed E-state index contributed by atoms with van der Waals surface area (Å²) in [5, 5.41) is 13.8. The summed E-state index contributed by atoms with van der Waals surface area (Å²) in [7, 11) is 0. The van der Waals surface area contributed by atoms with Gasteiger partial charge in [0.05, 0.1) is 18.7 Å². The molecule has 0 radical (unpaired) electrons.